The normalized spacial score (nSPS) is 15.2. The number of ether oxygens (including phenoxy) is 2. The lowest BCUT2D eigenvalue weighted by Gasteiger charge is -2.11. The van der Waals surface area contributed by atoms with Crippen LogP contribution in [0.15, 0.2) is 46.0 Å². The van der Waals surface area contributed by atoms with Gasteiger partial charge in [0.15, 0.2) is 6.61 Å². The molecule has 0 saturated carbocycles. The summed E-state index contributed by atoms with van der Waals surface area (Å²) in [4.78, 5) is 36.1. The molecule has 9 nitrogen and oxygen atoms in total. The minimum Gasteiger partial charge on any atom is -0.483 e. The van der Waals surface area contributed by atoms with Crippen molar-refractivity contribution in [1.82, 2.24) is 10.7 Å². The second-order valence-corrected chi connectivity index (χ2v) is 9.01. The van der Waals surface area contributed by atoms with Crippen LogP contribution in [-0.4, -0.2) is 49.8 Å². The summed E-state index contributed by atoms with van der Waals surface area (Å²) in [6.07, 6.45) is 3.01. The van der Waals surface area contributed by atoms with E-state index in [9.17, 15) is 14.4 Å². The van der Waals surface area contributed by atoms with E-state index in [4.69, 9.17) is 32.7 Å². The number of rotatable bonds is 8. The highest BCUT2D eigenvalue weighted by Crippen LogP contribution is 2.23. The number of amides is 3. The van der Waals surface area contributed by atoms with E-state index in [0.29, 0.717) is 33.7 Å². The van der Waals surface area contributed by atoms with Gasteiger partial charge in [-0.25, -0.2) is 5.43 Å². The third-order valence-electron chi connectivity index (χ3n) is 4.57. The number of carbonyl (C=O) groups is 3. The molecule has 1 saturated heterocycles. The molecule has 0 unspecified atom stereocenters. The first kappa shape index (κ1) is 26.0. The third-order valence-corrected chi connectivity index (χ3v) is 5.50. The molecule has 1 heterocycles. The van der Waals surface area contributed by atoms with Gasteiger partial charge in [-0.15, -0.1) is 0 Å². The van der Waals surface area contributed by atoms with Crippen molar-refractivity contribution in [2.75, 3.05) is 25.1 Å². The zero-order chi connectivity index (χ0) is 24.5. The van der Waals surface area contributed by atoms with E-state index < -0.39 is 17.7 Å². The number of hydrogen-bond donors (Lipinski definition) is 3. The standard InChI is InChI=1S/C22H21BrCl2N4O5/c23-14-3-4-19(34-12-20(30)28-17-8-15(24)7-16(25)9-17)13(6-14)10-27-29-22(32)21(31)26-11-18-2-1-5-33-18/h3-4,6-10,18H,1-2,5,11-12H2,(H,26,31)(H,28,30)(H,29,32)/b27-10-/t18-/m0/s1. The predicted octanol–water partition coefficient (Wildman–Crippen LogP) is 3.52. The molecule has 0 spiro atoms. The van der Waals surface area contributed by atoms with Gasteiger partial charge in [0.2, 0.25) is 0 Å². The van der Waals surface area contributed by atoms with Gasteiger partial charge in [-0.1, -0.05) is 39.1 Å². The highest BCUT2D eigenvalue weighted by atomic mass is 79.9. The molecule has 2 aromatic rings. The number of nitrogens with one attached hydrogen (secondary N) is 3. The van der Waals surface area contributed by atoms with Gasteiger partial charge in [-0.05, 0) is 49.2 Å². The summed E-state index contributed by atoms with van der Waals surface area (Å²) in [6, 6.07) is 9.70. The number of nitrogens with zero attached hydrogens (tertiary/aromatic N) is 1. The summed E-state index contributed by atoms with van der Waals surface area (Å²) in [5.74, 6) is -1.81. The van der Waals surface area contributed by atoms with Crippen LogP contribution in [0.3, 0.4) is 0 Å². The molecule has 1 atom stereocenters. The third kappa shape index (κ3) is 8.28. The van der Waals surface area contributed by atoms with Crippen LogP contribution in [0.5, 0.6) is 5.75 Å². The van der Waals surface area contributed by atoms with Crippen molar-refractivity contribution < 1.29 is 23.9 Å². The Hall–Kier alpha value is -2.66. The molecule has 1 fully saturated rings. The summed E-state index contributed by atoms with van der Waals surface area (Å²) in [5.41, 5.74) is 3.06. The Labute approximate surface area is 214 Å². The summed E-state index contributed by atoms with van der Waals surface area (Å²) in [7, 11) is 0. The van der Waals surface area contributed by atoms with Crippen LogP contribution in [0, 0.1) is 0 Å². The van der Waals surface area contributed by atoms with Gasteiger partial charge in [0.1, 0.15) is 5.75 Å². The topological polar surface area (TPSA) is 118 Å². The van der Waals surface area contributed by atoms with E-state index in [-0.39, 0.29) is 19.3 Å². The number of hydrazone groups is 1. The van der Waals surface area contributed by atoms with Gasteiger partial charge in [-0.3, -0.25) is 14.4 Å². The van der Waals surface area contributed by atoms with Crippen LogP contribution >= 0.6 is 39.1 Å². The van der Waals surface area contributed by atoms with Gasteiger partial charge in [-0.2, -0.15) is 5.10 Å². The molecular weight excluding hydrogens is 551 g/mol. The lowest BCUT2D eigenvalue weighted by molar-refractivity contribution is -0.139. The zero-order valence-corrected chi connectivity index (χ0v) is 20.9. The molecule has 3 amide bonds. The zero-order valence-electron chi connectivity index (χ0n) is 17.8. The minimum atomic E-state index is -0.911. The van der Waals surface area contributed by atoms with Crippen molar-refractivity contribution in [3.05, 3.63) is 56.5 Å². The van der Waals surface area contributed by atoms with Crippen molar-refractivity contribution in [2.24, 2.45) is 5.10 Å². The second kappa shape index (κ2) is 12.7. The number of hydrogen-bond acceptors (Lipinski definition) is 6. The molecule has 0 aromatic heterocycles. The minimum absolute atomic E-state index is 0.0744. The summed E-state index contributed by atoms with van der Waals surface area (Å²) in [6.45, 7) is 0.623. The Morgan fingerprint density at radius 2 is 1.91 bits per heavy atom. The Morgan fingerprint density at radius 1 is 1.15 bits per heavy atom. The van der Waals surface area contributed by atoms with Gasteiger partial charge < -0.3 is 20.1 Å². The molecule has 34 heavy (non-hydrogen) atoms. The van der Waals surface area contributed by atoms with Crippen LogP contribution < -0.4 is 20.8 Å². The molecule has 3 rings (SSSR count). The Kier molecular flexibility index (Phi) is 9.70. The number of benzene rings is 2. The number of carbonyl (C=O) groups excluding carboxylic acids is 3. The van der Waals surface area contributed by atoms with Crippen molar-refractivity contribution in [1.29, 1.82) is 0 Å². The fraction of sp³-hybridized carbons (Fsp3) is 0.273. The molecule has 3 N–H and O–H groups in total. The van der Waals surface area contributed by atoms with Gasteiger partial charge >= 0.3 is 11.8 Å². The number of anilines is 1. The van der Waals surface area contributed by atoms with E-state index in [1.165, 1.54) is 6.21 Å². The van der Waals surface area contributed by atoms with Gasteiger partial charge in [0.05, 0.1) is 12.3 Å². The predicted molar refractivity (Wildman–Crippen MR) is 132 cm³/mol. The van der Waals surface area contributed by atoms with E-state index in [0.717, 1.165) is 17.3 Å². The molecular formula is C22H21BrCl2N4O5. The highest BCUT2D eigenvalue weighted by Gasteiger charge is 2.19. The van der Waals surface area contributed by atoms with Crippen molar-refractivity contribution in [3.8, 4) is 5.75 Å². The first-order chi connectivity index (χ1) is 16.3. The molecule has 0 bridgehead atoms. The van der Waals surface area contributed by atoms with Crippen LogP contribution in [0.25, 0.3) is 0 Å². The van der Waals surface area contributed by atoms with Crippen LogP contribution in [0.2, 0.25) is 10.0 Å². The maximum atomic E-state index is 12.2. The maximum Gasteiger partial charge on any atom is 0.329 e. The molecule has 180 valence electrons. The van der Waals surface area contributed by atoms with E-state index >= 15 is 0 Å². The average molecular weight is 572 g/mol. The lowest BCUT2D eigenvalue weighted by Crippen LogP contribution is -2.41. The molecule has 1 aliphatic rings. The second-order valence-electron chi connectivity index (χ2n) is 7.22. The quantitative estimate of drug-likeness (QED) is 0.254. The van der Waals surface area contributed by atoms with Crippen LogP contribution in [0.4, 0.5) is 5.69 Å². The Bertz CT molecular complexity index is 1070. The fourth-order valence-electron chi connectivity index (χ4n) is 3.02. The lowest BCUT2D eigenvalue weighted by atomic mass is 10.2. The summed E-state index contributed by atoms with van der Waals surface area (Å²) < 4.78 is 11.7. The van der Waals surface area contributed by atoms with Crippen molar-refractivity contribution in [2.45, 2.75) is 18.9 Å². The highest BCUT2D eigenvalue weighted by molar-refractivity contribution is 9.10. The smallest absolute Gasteiger partial charge is 0.329 e. The molecule has 0 aliphatic carbocycles. The molecule has 1 aliphatic heterocycles. The molecule has 0 radical (unpaired) electrons. The summed E-state index contributed by atoms with van der Waals surface area (Å²) in [5, 5.41) is 9.74. The van der Waals surface area contributed by atoms with E-state index in [2.05, 4.69) is 37.1 Å². The monoisotopic (exact) mass is 570 g/mol. The largest absolute Gasteiger partial charge is 0.483 e. The molecule has 12 heteroatoms. The van der Waals surface area contributed by atoms with E-state index in [1.807, 2.05) is 0 Å². The van der Waals surface area contributed by atoms with E-state index in [1.54, 1.807) is 36.4 Å². The number of halogens is 3. The fourth-order valence-corrected chi connectivity index (χ4v) is 3.93. The SMILES string of the molecule is O=C(COc1ccc(Br)cc1/C=N\NC(=O)C(=O)NC[C@@H]1CCCO1)Nc1cc(Cl)cc(Cl)c1. The van der Waals surface area contributed by atoms with Gasteiger partial charge in [0.25, 0.3) is 5.91 Å². The van der Waals surface area contributed by atoms with Crippen LogP contribution in [0.1, 0.15) is 18.4 Å². The maximum absolute atomic E-state index is 12.2. The molecule has 2 aromatic carbocycles. The first-order valence-electron chi connectivity index (χ1n) is 10.2. The first-order valence-corrected chi connectivity index (χ1v) is 11.8. The van der Waals surface area contributed by atoms with Crippen molar-refractivity contribution >= 4 is 68.8 Å². The van der Waals surface area contributed by atoms with Gasteiger partial charge in [0, 0.05) is 38.9 Å². The van der Waals surface area contributed by atoms with Crippen molar-refractivity contribution in [3.63, 3.8) is 0 Å². The Morgan fingerprint density at radius 3 is 2.62 bits per heavy atom. The summed E-state index contributed by atoms with van der Waals surface area (Å²) >= 11 is 15.2. The average Bonchev–Trinajstić information content (AvgIpc) is 3.30. The van der Waals surface area contributed by atoms with Crippen LogP contribution in [-0.2, 0) is 19.1 Å². The Balaban J connectivity index is 1.53.